The first-order valence-electron chi connectivity index (χ1n) is 8.53. The number of amides is 1. The van der Waals surface area contributed by atoms with Crippen molar-refractivity contribution < 1.29 is 13.9 Å². The van der Waals surface area contributed by atoms with E-state index in [2.05, 4.69) is 10.1 Å². The third kappa shape index (κ3) is 3.08. The molecule has 7 heteroatoms. The van der Waals surface area contributed by atoms with Crippen LogP contribution in [0.25, 0.3) is 0 Å². The average molecular weight is 352 g/mol. The van der Waals surface area contributed by atoms with Crippen molar-refractivity contribution in [3.63, 3.8) is 0 Å². The summed E-state index contributed by atoms with van der Waals surface area (Å²) in [6.07, 6.45) is 3.76. The topological polar surface area (TPSA) is 73.4 Å². The van der Waals surface area contributed by atoms with Crippen molar-refractivity contribution in [2.75, 3.05) is 6.54 Å². The average Bonchev–Trinajstić information content (AvgIpc) is 3.28. The van der Waals surface area contributed by atoms with Crippen LogP contribution in [0, 0.1) is 6.92 Å². The molecule has 0 aromatic carbocycles. The molecule has 0 bridgehead atoms. The van der Waals surface area contributed by atoms with Crippen LogP contribution in [0.5, 0.6) is 5.88 Å². The molecule has 0 saturated carbocycles. The molecule has 4 heterocycles. The molecule has 0 radical (unpaired) electrons. The lowest BCUT2D eigenvalue weighted by Gasteiger charge is -2.27. The van der Waals surface area contributed by atoms with Crippen LogP contribution in [0.3, 0.4) is 0 Å². The number of fused-ring (bicyclic) bond motifs is 1. The standard InChI is InChI=1S/C19H20N4O3/c1-13-4-3-5-18(20-13)26-12-16-15-10-23(8-6-17(15)22(2)21-16)19(24)14-7-9-25-11-14/h3-5,7,9,11H,6,8,10,12H2,1-2H3. The highest BCUT2D eigenvalue weighted by Gasteiger charge is 2.27. The van der Waals surface area contributed by atoms with Crippen LogP contribution < -0.4 is 4.74 Å². The number of carbonyl (C=O) groups is 1. The van der Waals surface area contributed by atoms with Gasteiger partial charge in [0.15, 0.2) is 0 Å². The fourth-order valence-electron chi connectivity index (χ4n) is 3.27. The van der Waals surface area contributed by atoms with Gasteiger partial charge in [0.1, 0.15) is 18.6 Å². The molecular weight excluding hydrogens is 332 g/mol. The van der Waals surface area contributed by atoms with Crippen LogP contribution >= 0.6 is 0 Å². The van der Waals surface area contributed by atoms with E-state index in [4.69, 9.17) is 9.15 Å². The van der Waals surface area contributed by atoms with Crippen molar-refractivity contribution in [2.45, 2.75) is 26.5 Å². The number of aromatic nitrogens is 3. The van der Waals surface area contributed by atoms with Crippen LogP contribution in [0.1, 0.15) is 33.0 Å². The smallest absolute Gasteiger partial charge is 0.257 e. The van der Waals surface area contributed by atoms with Gasteiger partial charge in [0.25, 0.3) is 5.91 Å². The van der Waals surface area contributed by atoms with Crippen molar-refractivity contribution in [1.29, 1.82) is 0 Å². The Morgan fingerprint density at radius 1 is 1.35 bits per heavy atom. The normalized spacial score (nSPS) is 13.5. The molecule has 0 unspecified atom stereocenters. The van der Waals surface area contributed by atoms with Gasteiger partial charge in [-0.3, -0.25) is 9.48 Å². The van der Waals surface area contributed by atoms with E-state index in [-0.39, 0.29) is 5.91 Å². The lowest BCUT2D eigenvalue weighted by molar-refractivity contribution is 0.0731. The number of hydrogen-bond donors (Lipinski definition) is 0. The molecule has 1 aliphatic rings. The van der Waals surface area contributed by atoms with E-state index in [1.165, 1.54) is 12.5 Å². The van der Waals surface area contributed by atoms with E-state index in [9.17, 15) is 4.79 Å². The molecule has 4 rings (SSSR count). The van der Waals surface area contributed by atoms with Gasteiger partial charge in [0, 0.05) is 49.6 Å². The Morgan fingerprint density at radius 2 is 2.23 bits per heavy atom. The Hall–Kier alpha value is -3.09. The van der Waals surface area contributed by atoms with Gasteiger partial charge in [0.2, 0.25) is 5.88 Å². The summed E-state index contributed by atoms with van der Waals surface area (Å²) in [4.78, 5) is 18.8. The lowest BCUT2D eigenvalue weighted by atomic mass is 10.0. The second-order valence-electron chi connectivity index (χ2n) is 6.39. The zero-order valence-electron chi connectivity index (χ0n) is 14.8. The van der Waals surface area contributed by atoms with Crippen LogP contribution in [-0.2, 0) is 26.6 Å². The summed E-state index contributed by atoms with van der Waals surface area (Å²) in [5, 5.41) is 4.59. The van der Waals surface area contributed by atoms with Crippen LogP contribution in [0.4, 0.5) is 0 Å². The Kier molecular flexibility index (Phi) is 4.20. The minimum absolute atomic E-state index is 0.0273. The van der Waals surface area contributed by atoms with Crippen molar-refractivity contribution >= 4 is 5.91 Å². The van der Waals surface area contributed by atoms with Crippen molar-refractivity contribution in [1.82, 2.24) is 19.7 Å². The zero-order valence-corrected chi connectivity index (χ0v) is 14.8. The fraction of sp³-hybridized carbons (Fsp3) is 0.316. The molecule has 0 aliphatic carbocycles. The van der Waals surface area contributed by atoms with Crippen molar-refractivity contribution in [3.8, 4) is 5.88 Å². The zero-order chi connectivity index (χ0) is 18.1. The molecule has 1 aliphatic heterocycles. The third-order valence-corrected chi connectivity index (χ3v) is 4.60. The SMILES string of the molecule is Cc1cccc(OCc2nn(C)c3c2CN(C(=O)c2ccoc2)CC3)n1. The van der Waals surface area contributed by atoms with E-state index in [1.54, 1.807) is 6.07 Å². The highest BCUT2D eigenvalue weighted by molar-refractivity contribution is 5.93. The fourth-order valence-corrected chi connectivity index (χ4v) is 3.27. The van der Waals surface area contributed by atoms with E-state index >= 15 is 0 Å². The number of nitrogens with zero attached hydrogens (tertiary/aromatic N) is 4. The number of ether oxygens (including phenoxy) is 1. The summed E-state index contributed by atoms with van der Waals surface area (Å²) in [5.41, 5.74) is 4.53. The Morgan fingerprint density at radius 3 is 3.00 bits per heavy atom. The Labute approximate surface area is 151 Å². The van der Waals surface area contributed by atoms with Gasteiger partial charge in [0.05, 0.1) is 11.8 Å². The van der Waals surface area contributed by atoms with E-state index in [0.29, 0.717) is 31.1 Å². The molecule has 0 fully saturated rings. The molecular formula is C19H20N4O3. The molecule has 0 N–H and O–H groups in total. The summed E-state index contributed by atoms with van der Waals surface area (Å²) in [6.45, 7) is 3.44. The summed E-state index contributed by atoms with van der Waals surface area (Å²) < 4.78 is 12.7. The molecule has 134 valence electrons. The lowest BCUT2D eigenvalue weighted by Crippen LogP contribution is -2.36. The molecule has 3 aromatic heterocycles. The Balaban J connectivity index is 1.53. The number of pyridine rings is 1. The number of hydrogen-bond acceptors (Lipinski definition) is 5. The van der Waals surface area contributed by atoms with Gasteiger partial charge >= 0.3 is 0 Å². The van der Waals surface area contributed by atoms with Gasteiger partial charge in [-0.2, -0.15) is 5.10 Å². The molecule has 26 heavy (non-hydrogen) atoms. The monoisotopic (exact) mass is 352 g/mol. The predicted molar refractivity (Wildman–Crippen MR) is 93.7 cm³/mol. The largest absolute Gasteiger partial charge is 0.472 e. The van der Waals surface area contributed by atoms with Gasteiger partial charge < -0.3 is 14.1 Å². The van der Waals surface area contributed by atoms with Crippen molar-refractivity contribution in [2.24, 2.45) is 7.05 Å². The maximum Gasteiger partial charge on any atom is 0.257 e. The van der Waals surface area contributed by atoms with Crippen LogP contribution in [-0.4, -0.2) is 32.1 Å². The minimum atomic E-state index is -0.0273. The van der Waals surface area contributed by atoms with Gasteiger partial charge in [-0.1, -0.05) is 6.07 Å². The van der Waals surface area contributed by atoms with Crippen LogP contribution in [0.15, 0.2) is 41.2 Å². The first-order valence-corrected chi connectivity index (χ1v) is 8.53. The quantitative estimate of drug-likeness (QED) is 0.721. The molecule has 0 saturated heterocycles. The predicted octanol–water partition coefficient (Wildman–Crippen LogP) is 2.49. The first kappa shape index (κ1) is 16.4. The van der Waals surface area contributed by atoms with Crippen LogP contribution in [0.2, 0.25) is 0 Å². The number of carbonyl (C=O) groups excluding carboxylic acids is 1. The second-order valence-corrected chi connectivity index (χ2v) is 6.39. The number of aryl methyl sites for hydroxylation is 2. The van der Waals surface area contributed by atoms with E-state index in [1.807, 2.05) is 41.8 Å². The maximum absolute atomic E-state index is 12.6. The maximum atomic E-state index is 12.6. The molecule has 7 nitrogen and oxygen atoms in total. The highest BCUT2D eigenvalue weighted by Crippen LogP contribution is 2.24. The molecule has 0 atom stereocenters. The first-order chi connectivity index (χ1) is 12.6. The van der Waals surface area contributed by atoms with Crippen molar-refractivity contribution in [3.05, 3.63) is 65.0 Å². The third-order valence-electron chi connectivity index (χ3n) is 4.60. The second kappa shape index (κ2) is 6.67. The minimum Gasteiger partial charge on any atom is -0.472 e. The number of rotatable bonds is 4. The summed E-state index contributed by atoms with van der Waals surface area (Å²) in [7, 11) is 1.93. The van der Waals surface area contributed by atoms with Gasteiger partial charge in [-0.15, -0.1) is 0 Å². The molecule has 0 spiro atoms. The summed E-state index contributed by atoms with van der Waals surface area (Å²) in [5.74, 6) is 0.548. The molecule has 3 aromatic rings. The Bertz CT molecular complexity index is 930. The van der Waals surface area contributed by atoms with E-state index < -0.39 is 0 Å². The number of furan rings is 1. The van der Waals surface area contributed by atoms with Gasteiger partial charge in [-0.25, -0.2) is 4.98 Å². The summed E-state index contributed by atoms with van der Waals surface area (Å²) >= 11 is 0. The highest BCUT2D eigenvalue weighted by atomic mass is 16.5. The molecule has 1 amide bonds. The van der Waals surface area contributed by atoms with E-state index in [0.717, 1.165) is 29.1 Å². The summed E-state index contributed by atoms with van der Waals surface area (Å²) in [6, 6.07) is 7.36. The van der Waals surface area contributed by atoms with Gasteiger partial charge in [-0.05, 0) is 19.1 Å².